The van der Waals surface area contributed by atoms with Gasteiger partial charge in [0, 0.05) is 0 Å². The third kappa shape index (κ3) is 6.88. The Labute approximate surface area is 205 Å². The van der Waals surface area contributed by atoms with Crippen LogP contribution < -0.4 is 0 Å². The van der Waals surface area contributed by atoms with Crippen molar-refractivity contribution in [1.29, 1.82) is 0 Å². The number of hydrogen-bond acceptors (Lipinski definition) is 0. The van der Waals surface area contributed by atoms with Gasteiger partial charge in [-0.2, -0.15) is 33.4 Å². The van der Waals surface area contributed by atoms with Crippen LogP contribution in [0.1, 0.15) is 83.1 Å². The largest absolute Gasteiger partial charge is 3.00 e. The van der Waals surface area contributed by atoms with Crippen LogP contribution in [0.5, 0.6) is 0 Å². The van der Waals surface area contributed by atoms with Gasteiger partial charge in [0.25, 0.3) is 0 Å². The predicted octanol–water partition coefficient (Wildman–Crippen LogP) is 8.17. The monoisotopic (exact) mass is 529 g/mol. The molecule has 3 aliphatic rings. The van der Waals surface area contributed by atoms with Crippen LogP contribution in [0.15, 0.2) is 50.2 Å². The molecule has 0 amide bonds. The summed E-state index contributed by atoms with van der Waals surface area (Å²) in [7, 11) is 0. The van der Waals surface area contributed by atoms with Crippen LogP contribution in [-0.2, 0) is 0 Å². The van der Waals surface area contributed by atoms with Gasteiger partial charge in [-0.05, 0) is 0 Å². The van der Waals surface area contributed by atoms with Crippen LogP contribution in [0.4, 0.5) is 0 Å². The van der Waals surface area contributed by atoms with Gasteiger partial charge in [0.05, 0.1) is 0 Å². The second kappa shape index (κ2) is 11.8. The zero-order valence-corrected chi connectivity index (χ0v) is 21.9. The average molecular weight is 531 g/mol. The van der Waals surface area contributed by atoms with E-state index in [-0.39, 0.29) is 37.3 Å². The molecule has 0 saturated heterocycles. The molecule has 3 rings (SSSR count). The molecule has 0 nitrogen and oxygen atoms in total. The standard InChI is InChI=1S/3C9H13.Er/c3*1-6-5-7(2)9(4)8(6)3;/h3*6H,1-4H3;/q3*-1;+3. The molecule has 3 unspecified atom stereocenters. The van der Waals surface area contributed by atoms with Gasteiger partial charge >= 0.3 is 37.3 Å². The zero-order valence-electron chi connectivity index (χ0n) is 20.0. The molecule has 0 aromatic rings. The van der Waals surface area contributed by atoms with E-state index in [0.717, 1.165) is 0 Å². The Morgan fingerprint density at radius 3 is 0.643 bits per heavy atom. The van der Waals surface area contributed by atoms with E-state index in [0.29, 0.717) is 17.8 Å². The molecule has 0 aromatic carbocycles. The molecule has 0 saturated carbocycles. The number of rotatable bonds is 0. The maximum absolute atomic E-state index is 3.36. The van der Waals surface area contributed by atoms with Gasteiger partial charge in [-0.15, -0.1) is 20.8 Å². The molecule has 0 fully saturated rings. The Bertz CT molecular complexity index is 657. The first-order valence-electron chi connectivity index (χ1n) is 10.2. The molecule has 0 bridgehead atoms. The van der Waals surface area contributed by atoms with Crippen molar-refractivity contribution < 1.29 is 37.3 Å². The van der Waals surface area contributed by atoms with E-state index in [1.165, 1.54) is 50.2 Å². The van der Waals surface area contributed by atoms with E-state index in [4.69, 9.17) is 0 Å². The summed E-state index contributed by atoms with van der Waals surface area (Å²) in [6, 6.07) is 0. The summed E-state index contributed by atoms with van der Waals surface area (Å²) in [5.74, 6) is 1.68. The summed E-state index contributed by atoms with van der Waals surface area (Å²) in [6.07, 6.45) is 10.1. The Balaban J connectivity index is 0.000000384. The molecule has 159 valence electrons. The van der Waals surface area contributed by atoms with E-state index >= 15 is 0 Å². The van der Waals surface area contributed by atoms with E-state index in [9.17, 15) is 0 Å². The minimum atomic E-state index is 0. The SMILES string of the molecule is CC1=[C-]C(C)C(C)=C1C.CC1=[C-]C(C)C(C)=C1C.CC1=[C-]C(C)C(C)=C1C.[Er+3]. The van der Waals surface area contributed by atoms with Crippen molar-refractivity contribution in [1.82, 2.24) is 0 Å². The second-order valence-electron chi connectivity index (χ2n) is 8.40. The van der Waals surface area contributed by atoms with Crippen molar-refractivity contribution in [3.05, 3.63) is 68.4 Å². The zero-order chi connectivity index (χ0) is 21.0. The van der Waals surface area contributed by atoms with Crippen molar-refractivity contribution in [2.24, 2.45) is 17.8 Å². The third-order valence-corrected chi connectivity index (χ3v) is 6.71. The molecule has 3 atom stereocenters. The van der Waals surface area contributed by atoms with Crippen LogP contribution in [-0.4, -0.2) is 0 Å². The van der Waals surface area contributed by atoms with Crippen LogP contribution in [0.3, 0.4) is 0 Å². The fourth-order valence-corrected chi connectivity index (χ4v) is 3.49. The maximum Gasteiger partial charge on any atom is 3.00 e. The van der Waals surface area contributed by atoms with Crippen molar-refractivity contribution >= 4 is 0 Å². The van der Waals surface area contributed by atoms with Crippen LogP contribution >= 0.6 is 0 Å². The predicted molar refractivity (Wildman–Crippen MR) is 120 cm³/mol. The Kier molecular flexibility index (Phi) is 11.6. The molecule has 0 spiro atoms. The molecule has 3 aliphatic carbocycles. The van der Waals surface area contributed by atoms with Gasteiger partial charge in [-0.25, -0.2) is 16.7 Å². The second-order valence-corrected chi connectivity index (χ2v) is 8.40. The molecule has 0 aromatic heterocycles. The van der Waals surface area contributed by atoms with Crippen molar-refractivity contribution in [2.45, 2.75) is 83.1 Å². The average Bonchev–Trinajstić information content (AvgIpc) is 3.07. The van der Waals surface area contributed by atoms with Crippen LogP contribution in [0.2, 0.25) is 0 Å². The first kappa shape index (κ1) is 27.7. The molecule has 1 radical (unpaired) electrons. The molecular weight excluding hydrogens is 492 g/mol. The van der Waals surface area contributed by atoms with E-state index in [1.54, 1.807) is 0 Å². The molecule has 1 heteroatoms. The fraction of sp³-hybridized carbons (Fsp3) is 0.556. The Hall–Kier alpha value is -0.313. The summed E-state index contributed by atoms with van der Waals surface area (Å²) < 4.78 is 0. The summed E-state index contributed by atoms with van der Waals surface area (Å²) in [5, 5.41) is 0. The van der Waals surface area contributed by atoms with E-state index < -0.39 is 0 Å². The van der Waals surface area contributed by atoms with Gasteiger partial charge in [0.15, 0.2) is 0 Å². The minimum Gasteiger partial charge on any atom is -0.266 e. The summed E-state index contributed by atoms with van der Waals surface area (Å²) in [4.78, 5) is 0. The minimum absolute atomic E-state index is 0. The fourth-order valence-electron chi connectivity index (χ4n) is 3.49. The van der Waals surface area contributed by atoms with Crippen LogP contribution in [0.25, 0.3) is 0 Å². The Morgan fingerprint density at radius 1 is 0.429 bits per heavy atom. The third-order valence-electron chi connectivity index (χ3n) is 6.71. The van der Waals surface area contributed by atoms with Gasteiger partial charge in [0.2, 0.25) is 0 Å². The van der Waals surface area contributed by atoms with Crippen LogP contribution in [0, 0.1) is 73.3 Å². The molecule has 0 N–H and O–H groups in total. The Morgan fingerprint density at radius 2 is 0.607 bits per heavy atom. The molecule has 0 aliphatic heterocycles. The number of hydrogen-bond donors (Lipinski definition) is 0. The van der Waals surface area contributed by atoms with E-state index in [2.05, 4.69) is 101 Å². The molecule has 0 heterocycles. The normalized spacial score (nSPS) is 26.1. The summed E-state index contributed by atoms with van der Waals surface area (Å²) in [5.41, 5.74) is 12.7. The quantitative estimate of drug-likeness (QED) is 0.277. The van der Waals surface area contributed by atoms with Crippen molar-refractivity contribution in [3.63, 3.8) is 0 Å². The molecule has 28 heavy (non-hydrogen) atoms. The van der Waals surface area contributed by atoms with Gasteiger partial charge in [-0.1, -0.05) is 80.1 Å². The molecular formula is C27H39Er. The van der Waals surface area contributed by atoms with Gasteiger partial charge < -0.3 is 0 Å². The summed E-state index contributed by atoms with van der Waals surface area (Å²) >= 11 is 0. The number of allylic oxidation sites excluding steroid dienone is 12. The summed E-state index contributed by atoms with van der Waals surface area (Å²) in [6.45, 7) is 26.0. The van der Waals surface area contributed by atoms with Crippen molar-refractivity contribution in [2.75, 3.05) is 0 Å². The smallest absolute Gasteiger partial charge is 0.266 e. The maximum atomic E-state index is 3.36. The first-order valence-corrected chi connectivity index (χ1v) is 10.2. The van der Waals surface area contributed by atoms with Gasteiger partial charge in [0.1, 0.15) is 0 Å². The first-order chi connectivity index (χ1) is 12.4. The van der Waals surface area contributed by atoms with Crippen molar-refractivity contribution in [3.8, 4) is 0 Å². The van der Waals surface area contributed by atoms with Gasteiger partial charge in [-0.3, -0.25) is 18.2 Å². The topological polar surface area (TPSA) is 0 Å². The van der Waals surface area contributed by atoms with E-state index in [1.807, 2.05) is 0 Å².